The van der Waals surface area contributed by atoms with Crippen LogP contribution in [0.5, 0.6) is 0 Å². The second kappa shape index (κ2) is 12.1. The maximum Gasteiger partial charge on any atom is 0.511 e. The van der Waals surface area contributed by atoms with E-state index in [9.17, 15) is 21.6 Å². The van der Waals surface area contributed by atoms with Crippen molar-refractivity contribution in [2.75, 3.05) is 26.2 Å². The molecule has 0 atom stereocenters. The molecule has 1 fully saturated rings. The Kier molecular flexibility index (Phi) is 10.9. The van der Waals surface area contributed by atoms with Crippen LogP contribution in [0.3, 0.4) is 0 Å². The molecule has 0 bridgehead atoms. The van der Waals surface area contributed by atoms with Gasteiger partial charge >= 0.3 is 15.5 Å². The third kappa shape index (κ3) is 7.56. The Labute approximate surface area is 193 Å². The summed E-state index contributed by atoms with van der Waals surface area (Å²) in [4.78, 5) is 4.54. The van der Waals surface area contributed by atoms with Gasteiger partial charge in [-0.2, -0.15) is 17.5 Å². The number of halogens is 4. The van der Waals surface area contributed by atoms with E-state index in [1.54, 1.807) is 0 Å². The van der Waals surface area contributed by atoms with Gasteiger partial charge in [0.2, 0.25) is 0 Å². The molecule has 1 saturated heterocycles. The molecule has 172 valence electrons. The van der Waals surface area contributed by atoms with Gasteiger partial charge in [-0.15, -0.1) is 24.0 Å². The van der Waals surface area contributed by atoms with E-state index in [0.29, 0.717) is 23.4 Å². The highest BCUT2D eigenvalue weighted by Gasteiger charge is 2.50. The van der Waals surface area contributed by atoms with Crippen molar-refractivity contribution in [1.82, 2.24) is 14.9 Å². The molecule has 6 nitrogen and oxygen atoms in total. The lowest BCUT2D eigenvalue weighted by Gasteiger charge is -2.32. The van der Waals surface area contributed by atoms with Gasteiger partial charge in [-0.05, 0) is 43.7 Å². The van der Waals surface area contributed by atoms with E-state index in [2.05, 4.69) is 46.8 Å². The van der Waals surface area contributed by atoms with Crippen molar-refractivity contribution < 1.29 is 21.6 Å². The van der Waals surface area contributed by atoms with Gasteiger partial charge in [0.15, 0.2) is 5.96 Å². The summed E-state index contributed by atoms with van der Waals surface area (Å²) in [5.74, 6) is 0.592. The molecule has 1 aromatic rings. The number of alkyl halides is 3. The van der Waals surface area contributed by atoms with Gasteiger partial charge in [0, 0.05) is 32.2 Å². The van der Waals surface area contributed by atoms with Crippen molar-refractivity contribution in [3.05, 3.63) is 35.4 Å². The number of aryl methyl sites for hydroxylation is 1. The fourth-order valence-corrected chi connectivity index (χ4v) is 4.12. The fourth-order valence-electron chi connectivity index (χ4n) is 3.14. The monoisotopic (exact) mass is 562 g/mol. The molecule has 0 unspecified atom stereocenters. The van der Waals surface area contributed by atoms with Crippen LogP contribution < -0.4 is 10.6 Å². The number of benzene rings is 1. The topological polar surface area (TPSA) is 73.8 Å². The van der Waals surface area contributed by atoms with Crippen molar-refractivity contribution in [3.63, 3.8) is 0 Å². The molecule has 1 aliphatic heterocycles. The SMILES string of the molecule is CCNC(=NCCc1ccc(CC)cc1)NC1CCN(S(=O)(=O)C(F)(F)F)CC1.I. The highest BCUT2D eigenvalue weighted by atomic mass is 127. The average Bonchev–Trinajstić information content (AvgIpc) is 2.68. The van der Waals surface area contributed by atoms with Gasteiger partial charge in [-0.25, -0.2) is 8.42 Å². The first-order chi connectivity index (χ1) is 13.7. The van der Waals surface area contributed by atoms with Gasteiger partial charge in [0.1, 0.15) is 0 Å². The molecule has 0 aliphatic carbocycles. The van der Waals surface area contributed by atoms with Crippen LogP contribution in [-0.4, -0.2) is 56.4 Å². The number of sulfonamides is 1. The number of nitrogens with one attached hydrogen (secondary N) is 2. The lowest BCUT2D eigenvalue weighted by molar-refractivity contribution is -0.0494. The molecule has 0 amide bonds. The predicted octanol–water partition coefficient (Wildman–Crippen LogP) is 3.28. The Morgan fingerprint density at radius 3 is 2.20 bits per heavy atom. The van der Waals surface area contributed by atoms with E-state index in [-0.39, 0.29) is 55.9 Å². The van der Waals surface area contributed by atoms with Crippen LogP contribution in [0.15, 0.2) is 29.3 Å². The van der Waals surface area contributed by atoms with Crippen LogP contribution in [-0.2, 0) is 22.9 Å². The van der Waals surface area contributed by atoms with Crippen LogP contribution >= 0.6 is 24.0 Å². The average molecular weight is 562 g/mol. The zero-order valence-electron chi connectivity index (χ0n) is 17.2. The molecule has 11 heteroatoms. The molecule has 1 heterocycles. The van der Waals surface area contributed by atoms with Crippen molar-refractivity contribution >= 4 is 40.0 Å². The molecule has 2 rings (SSSR count). The zero-order chi connectivity index (χ0) is 21.5. The molecule has 0 aromatic heterocycles. The van der Waals surface area contributed by atoms with E-state index in [1.165, 1.54) is 11.1 Å². The highest BCUT2D eigenvalue weighted by Crippen LogP contribution is 2.28. The van der Waals surface area contributed by atoms with Crippen LogP contribution in [0.4, 0.5) is 13.2 Å². The maximum absolute atomic E-state index is 12.7. The van der Waals surface area contributed by atoms with Crippen molar-refractivity contribution in [2.24, 2.45) is 4.99 Å². The zero-order valence-corrected chi connectivity index (χ0v) is 20.4. The lowest BCUT2D eigenvalue weighted by Crippen LogP contribution is -2.51. The molecule has 30 heavy (non-hydrogen) atoms. The first-order valence-corrected chi connectivity index (χ1v) is 11.3. The molecule has 2 N–H and O–H groups in total. The van der Waals surface area contributed by atoms with Gasteiger partial charge in [-0.1, -0.05) is 31.2 Å². The van der Waals surface area contributed by atoms with E-state index >= 15 is 0 Å². The number of nitrogens with zero attached hydrogens (tertiary/aromatic N) is 2. The summed E-state index contributed by atoms with van der Waals surface area (Å²) >= 11 is 0. The van der Waals surface area contributed by atoms with Crippen molar-refractivity contribution in [2.45, 2.75) is 51.1 Å². The Morgan fingerprint density at radius 2 is 1.70 bits per heavy atom. The molecular weight excluding hydrogens is 532 g/mol. The van der Waals surface area contributed by atoms with E-state index < -0.39 is 15.5 Å². The fraction of sp³-hybridized carbons (Fsp3) is 0.632. The number of hydrogen-bond acceptors (Lipinski definition) is 3. The second-order valence-corrected chi connectivity index (χ2v) is 8.88. The number of hydrogen-bond donors (Lipinski definition) is 2. The third-order valence-electron chi connectivity index (χ3n) is 4.87. The minimum atomic E-state index is -5.25. The minimum absolute atomic E-state index is 0. The van der Waals surface area contributed by atoms with Crippen LogP contribution in [0, 0.1) is 0 Å². The highest BCUT2D eigenvalue weighted by molar-refractivity contribution is 14.0. The summed E-state index contributed by atoms with van der Waals surface area (Å²) in [6.07, 6.45) is 2.36. The minimum Gasteiger partial charge on any atom is -0.357 e. The van der Waals surface area contributed by atoms with E-state index in [0.717, 1.165) is 12.8 Å². The van der Waals surface area contributed by atoms with Gasteiger partial charge in [-0.3, -0.25) is 4.99 Å². The van der Waals surface area contributed by atoms with Crippen LogP contribution in [0.25, 0.3) is 0 Å². The summed E-state index contributed by atoms with van der Waals surface area (Å²) in [6.45, 7) is 4.93. The quantitative estimate of drug-likeness (QED) is 0.304. The first kappa shape index (κ1) is 27.0. The normalized spacial score (nSPS) is 16.8. The maximum atomic E-state index is 12.7. The summed E-state index contributed by atoms with van der Waals surface area (Å²) in [5.41, 5.74) is -2.78. The Hall–Kier alpha value is -1.08. The van der Waals surface area contributed by atoms with Gasteiger partial charge in [0.25, 0.3) is 0 Å². The summed E-state index contributed by atoms with van der Waals surface area (Å²) in [6, 6.07) is 8.25. The Morgan fingerprint density at radius 1 is 1.13 bits per heavy atom. The van der Waals surface area contributed by atoms with Gasteiger partial charge in [0.05, 0.1) is 0 Å². The van der Waals surface area contributed by atoms with Crippen LogP contribution in [0.1, 0.15) is 37.8 Å². The van der Waals surface area contributed by atoms with Crippen molar-refractivity contribution in [1.29, 1.82) is 0 Å². The molecule has 0 spiro atoms. The molecule has 1 aliphatic rings. The summed E-state index contributed by atoms with van der Waals surface area (Å²) < 4.78 is 61.5. The third-order valence-corrected chi connectivity index (χ3v) is 6.50. The van der Waals surface area contributed by atoms with E-state index in [4.69, 9.17) is 0 Å². The number of guanidine groups is 1. The molecule has 1 aromatic carbocycles. The molecule has 0 radical (unpaired) electrons. The number of piperidine rings is 1. The van der Waals surface area contributed by atoms with E-state index in [1.807, 2.05) is 6.92 Å². The Balaban J connectivity index is 0.00000450. The largest absolute Gasteiger partial charge is 0.511 e. The second-order valence-electron chi connectivity index (χ2n) is 6.95. The summed E-state index contributed by atoms with van der Waals surface area (Å²) in [5, 5.41) is 6.34. The van der Waals surface area contributed by atoms with Crippen LogP contribution in [0.2, 0.25) is 0 Å². The molecule has 0 saturated carbocycles. The van der Waals surface area contributed by atoms with Crippen molar-refractivity contribution in [3.8, 4) is 0 Å². The number of aliphatic imine (C=N–C) groups is 1. The Bertz CT molecular complexity index is 778. The number of rotatable bonds is 7. The summed E-state index contributed by atoms with van der Waals surface area (Å²) in [7, 11) is -5.25. The lowest BCUT2D eigenvalue weighted by atomic mass is 10.1. The standard InChI is InChI=1S/C19H29F3N4O2S.HI/c1-3-15-5-7-16(8-6-15)9-12-24-18(23-4-2)25-17-10-13-26(14-11-17)29(27,28)19(20,21)22;/h5-8,17H,3-4,9-14H2,1-2H3,(H2,23,24,25);1H. The molecular formula is C19H30F3IN4O2S. The predicted molar refractivity (Wildman–Crippen MR) is 124 cm³/mol. The smallest absolute Gasteiger partial charge is 0.357 e. The first-order valence-electron chi connectivity index (χ1n) is 9.86. The van der Waals surface area contributed by atoms with Gasteiger partial charge < -0.3 is 10.6 Å².